The molecule has 0 aromatic carbocycles. The third kappa shape index (κ3) is 7.26. The normalized spacial score (nSPS) is 11.4. The smallest absolute Gasteiger partial charge is 0.0443 e. The number of rotatable bonds is 10. The molecule has 0 aliphatic rings. The van der Waals surface area contributed by atoms with Gasteiger partial charge in [0.05, 0.1) is 0 Å². The SMILES string of the molecule is C=C(CCl)CN(CC)CCCN(CC)CC. The molecule has 0 N–H and O–H groups in total. The zero-order valence-electron chi connectivity index (χ0n) is 11.1. The van der Waals surface area contributed by atoms with Crippen LogP contribution in [0.25, 0.3) is 0 Å². The van der Waals surface area contributed by atoms with Crippen molar-refractivity contribution in [2.75, 3.05) is 45.1 Å². The van der Waals surface area contributed by atoms with Crippen molar-refractivity contribution < 1.29 is 0 Å². The molecule has 0 aliphatic heterocycles. The quantitative estimate of drug-likeness (QED) is 0.432. The number of alkyl halides is 1. The molecule has 0 rings (SSSR count). The summed E-state index contributed by atoms with van der Waals surface area (Å²) < 4.78 is 0. The summed E-state index contributed by atoms with van der Waals surface area (Å²) in [7, 11) is 0. The number of hydrogen-bond donors (Lipinski definition) is 0. The van der Waals surface area contributed by atoms with E-state index in [0.29, 0.717) is 5.88 Å². The summed E-state index contributed by atoms with van der Waals surface area (Å²) in [5.74, 6) is 0.576. The Hall–Kier alpha value is -0.0500. The molecular weight excluding hydrogens is 220 g/mol. The summed E-state index contributed by atoms with van der Waals surface area (Å²) >= 11 is 5.75. The van der Waals surface area contributed by atoms with E-state index in [-0.39, 0.29) is 0 Å². The molecule has 3 heteroatoms. The van der Waals surface area contributed by atoms with Crippen molar-refractivity contribution in [1.29, 1.82) is 0 Å². The lowest BCUT2D eigenvalue weighted by Gasteiger charge is -2.23. The first kappa shape index (κ1) is 16.0. The lowest BCUT2D eigenvalue weighted by molar-refractivity contribution is 0.254. The van der Waals surface area contributed by atoms with Crippen LogP contribution in [0.3, 0.4) is 0 Å². The maximum absolute atomic E-state index is 5.75. The second kappa shape index (κ2) is 10.1. The Bertz CT molecular complexity index is 179. The predicted octanol–water partition coefficient (Wildman–Crippen LogP) is 2.84. The van der Waals surface area contributed by atoms with Crippen LogP contribution in [0.1, 0.15) is 27.2 Å². The van der Waals surface area contributed by atoms with E-state index in [0.717, 1.165) is 38.3 Å². The molecular formula is C13H27ClN2. The standard InChI is InChI=1S/C13H27ClN2/c1-5-15(6-2)9-8-10-16(7-3)12-13(4)11-14/h4-12H2,1-3H3. The van der Waals surface area contributed by atoms with E-state index in [9.17, 15) is 0 Å². The summed E-state index contributed by atoms with van der Waals surface area (Å²) in [5, 5.41) is 0. The van der Waals surface area contributed by atoms with Crippen LogP contribution in [0.5, 0.6) is 0 Å². The molecule has 0 spiro atoms. The predicted molar refractivity (Wildman–Crippen MR) is 74.4 cm³/mol. The van der Waals surface area contributed by atoms with Gasteiger partial charge in [0.2, 0.25) is 0 Å². The van der Waals surface area contributed by atoms with Crippen LogP contribution < -0.4 is 0 Å². The van der Waals surface area contributed by atoms with Gasteiger partial charge in [-0.2, -0.15) is 0 Å². The molecule has 0 fully saturated rings. The van der Waals surface area contributed by atoms with Crippen LogP contribution in [0.15, 0.2) is 12.2 Å². The van der Waals surface area contributed by atoms with Gasteiger partial charge in [-0.3, -0.25) is 4.90 Å². The Morgan fingerprint density at radius 1 is 1.00 bits per heavy atom. The van der Waals surface area contributed by atoms with Gasteiger partial charge in [-0.25, -0.2) is 0 Å². The van der Waals surface area contributed by atoms with E-state index < -0.39 is 0 Å². The summed E-state index contributed by atoms with van der Waals surface area (Å²) in [6.07, 6.45) is 1.23. The minimum Gasteiger partial charge on any atom is -0.304 e. The monoisotopic (exact) mass is 246 g/mol. The third-order valence-electron chi connectivity index (χ3n) is 2.93. The van der Waals surface area contributed by atoms with Gasteiger partial charge in [-0.05, 0) is 44.7 Å². The van der Waals surface area contributed by atoms with Crippen LogP contribution >= 0.6 is 11.6 Å². The van der Waals surface area contributed by atoms with Crippen molar-refractivity contribution in [3.05, 3.63) is 12.2 Å². The number of halogens is 1. The van der Waals surface area contributed by atoms with Crippen molar-refractivity contribution in [3.8, 4) is 0 Å². The third-order valence-corrected chi connectivity index (χ3v) is 3.30. The fraction of sp³-hybridized carbons (Fsp3) is 0.846. The van der Waals surface area contributed by atoms with Crippen molar-refractivity contribution >= 4 is 11.6 Å². The van der Waals surface area contributed by atoms with Gasteiger partial charge in [0, 0.05) is 12.4 Å². The van der Waals surface area contributed by atoms with Crippen LogP contribution in [0, 0.1) is 0 Å². The first-order chi connectivity index (χ1) is 7.67. The molecule has 96 valence electrons. The number of likely N-dealkylation sites (N-methyl/N-ethyl adjacent to an activating group) is 1. The van der Waals surface area contributed by atoms with Gasteiger partial charge in [0.15, 0.2) is 0 Å². The Morgan fingerprint density at radius 2 is 1.50 bits per heavy atom. The average molecular weight is 247 g/mol. The second-order valence-electron chi connectivity index (χ2n) is 4.13. The molecule has 0 aliphatic carbocycles. The molecule has 0 aromatic heterocycles. The van der Waals surface area contributed by atoms with E-state index >= 15 is 0 Å². The Kier molecular flexibility index (Phi) is 10.1. The lowest BCUT2D eigenvalue weighted by Crippen LogP contribution is -2.31. The van der Waals surface area contributed by atoms with Crippen molar-refractivity contribution in [3.63, 3.8) is 0 Å². The highest BCUT2D eigenvalue weighted by molar-refractivity contribution is 6.19. The van der Waals surface area contributed by atoms with E-state index in [4.69, 9.17) is 11.6 Å². The van der Waals surface area contributed by atoms with Gasteiger partial charge in [0.1, 0.15) is 0 Å². The van der Waals surface area contributed by atoms with E-state index in [2.05, 4.69) is 37.1 Å². The van der Waals surface area contributed by atoms with Crippen LogP contribution in [0.2, 0.25) is 0 Å². The Labute approximate surface area is 106 Å². The maximum Gasteiger partial charge on any atom is 0.0443 e. The Balaban J connectivity index is 3.74. The number of hydrogen-bond acceptors (Lipinski definition) is 2. The zero-order chi connectivity index (χ0) is 12.4. The molecule has 16 heavy (non-hydrogen) atoms. The van der Waals surface area contributed by atoms with Gasteiger partial charge in [0.25, 0.3) is 0 Å². The molecule has 2 nitrogen and oxygen atoms in total. The molecule has 0 aromatic rings. The topological polar surface area (TPSA) is 6.48 Å². The summed E-state index contributed by atoms with van der Waals surface area (Å²) in [6.45, 7) is 17.2. The maximum atomic E-state index is 5.75. The summed E-state index contributed by atoms with van der Waals surface area (Å²) in [5.41, 5.74) is 1.12. The molecule has 0 atom stereocenters. The van der Waals surface area contributed by atoms with Crippen LogP contribution in [-0.4, -0.2) is 54.9 Å². The minimum atomic E-state index is 0.576. The zero-order valence-corrected chi connectivity index (χ0v) is 11.9. The average Bonchev–Trinajstić information content (AvgIpc) is 2.32. The summed E-state index contributed by atoms with van der Waals surface area (Å²) in [4.78, 5) is 4.87. The van der Waals surface area contributed by atoms with Crippen LogP contribution in [-0.2, 0) is 0 Å². The van der Waals surface area contributed by atoms with E-state index in [1.54, 1.807) is 0 Å². The fourth-order valence-electron chi connectivity index (χ4n) is 1.77. The molecule has 0 saturated heterocycles. The largest absolute Gasteiger partial charge is 0.304 e. The van der Waals surface area contributed by atoms with E-state index in [1.807, 2.05) is 0 Å². The van der Waals surface area contributed by atoms with Gasteiger partial charge in [-0.1, -0.05) is 27.4 Å². The fourth-order valence-corrected chi connectivity index (χ4v) is 1.85. The van der Waals surface area contributed by atoms with Gasteiger partial charge < -0.3 is 4.90 Å². The molecule has 0 heterocycles. The summed E-state index contributed by atoms with van der Waals surface area (Å²) in [6, 6.07) is 0. The van der Waals surface area contributed by atoms with Gasteiger partial charge >= 0.3 is 0 Å². The number of nitrogens with zero attached hydrogens (tertiary/aromatic N) is 2. The molecule has 0 radical (unpaired) electrons. The van der Waals surface area contributed by atoms with Crippen molar-refractivity contribution in [1.82, 2.24) is 9.80 Å². The highest BCUT2D eigenvalue weighted by atomic mass is 35.5. The first-order valence-corrected chi connectivity index (χ1v) is 6.88. The molecule has 0 unspecified atom stereocenters. The van der Waals surface area contributed by atoms with Crippen LogP contribution in [0.4, 0.5) is 0 Å². The minimum absolute atomic E-state index is 0.576. The molecule has 0 bridgehead atoms. The van der Waals surface area contributed by atoms with Crippen molar-refractivity contribution in [2.24, 2.45) is 0 Å². The highest BCUT2D eigenvalue weighted by Crippen LogP contribution is 2.01. The highest BCUT2D eigenvalue weighted by Gasteiger charge is 2.05. The molecule has 0 amide bonds. The van der Waals surface area contributed by atoms with E-state index in [1.165, 1.54) is 13.0 Å². The molecule has 0 saturated carbocycles. The lowest BCUT2D eigenvalue weighted by atomic mass is 10.3. The van der Waals surface area contributed by atoms with Crippen molar-refractivity contribution in [2.45, 2.75) is 27.2 Å². The first-order valence-electron chi connectivity index (χ1n) is 6.35. The Morgan fingerprint density at radius 3 is 1.94 bits per heavy atom. The van der Waals surface area contributed by atoms with Gasteiger partial charge in [-0.15, -0.1) is 11.6 Å². The second-order valence-corrected chi connectivity index (χ2v) is 4.40.